The van der Waals surface area contributed by atoms with Crippen LogP contribution in [0.3, 0.4) is 0 Å². The predicted octanol–water partition coefficient (Wildman–Crippen LogP) is 3.16. The molecule has 0 aliphatic heterocycles. The molecule has 0 atom stereocenters. The lowest BCUT2D eigenvalue weighted by molar-refractivity contribution is 0.532. The summed E-state index contributed by atoms with van der Waals surface area (Å²) in [6.07, 6.45) is 3.09. The number of aromatic nitrogens is 3. The van der Waals surface area contributed by atoms with Crippen LogP contribution in [-0.4, -0.2) is 21.3 Å². The molecule has 2 aromatic heterocycles. The first kappa shape index (κ1) is 13.9. The highest BCUT2D eigenvalue weighted by Gasteiger charge is 2.02. The van der Waals surface area contributed by atoms with Gasteiger partial charge in [0.15, 0.2) is 0 Å². The summed E-state index contributed by atoms with van der Waals surface area (Å²) in [4.78, 5) is 3.25. The number of benzene rings is 1. The molecule has 4 heteroatoms. The third-order valence-electron chi connectivity index (χ3n) is 3.83. The van der Waals surface area contributed by atoms with Gasteiger partial charge in [0.05, 0.1) is 5.69 Å². The summed E-state index contributed by atoms with van der Waals surface area (Å²) < 4.78 is 2.09. The molecule has 21 heavy (non-hydrogen) atoms. The number of nitrogens with one attached hydrogen (secondary N) is 2. The van der Waals surface area contributed by atoms with Crippen LogP contribution in [-0.2, 0) is 13.1 Å². The van der Waals surface area contributed by atoms with Crippen molar-refractivity contribution >= 4 is 10.9 Å². The summed E-state index contributed by atoms with van der Waals surface area (Å²) >= 11 is 0. The van der Waals surface area contributed by atoms with Gasteiger partial charge in [-0.2, -0.15) is 5.10 Å². The van der Waals surface area contributed by atoms with E-state index in [-0.39, 0.29) is 0 Å². The predicted molar refractivity (Wildman–Crippen MR) is 86.3 cm³/mol. The van der Waals surface area contributed by atoms with Crippen molar-refractivity contribution in [2.24, 2.45) is 0 Å². The standard InChI is InChI=1S/C17H22N4/c1-13-11-14(2)21(20-13)10-4-8-18-12-15-5-3-6-17-16(15)7-9-19-17/h3,5-7,9,11,18-19H,4,8,10,12H2,1-2H3. The van der Waals surface area contributed by atoms with Crippen LogP contribution in [0.2, 0.25) is 0 Å². The minimum atomic E-state index is 0.909. The third-order valence-corrected chi connectivity index (χ3v) is 3.83. The van der Waals surface area contributed by atoms with Gasteiger partial charge in [0.25, 0.3) is 0 Å². The molecule has 1 aromatic carbocycles. The fourth-order valence-electron chi connectivity index (χ4n) is 2.78. The first-order chi connectivity index (χ1) is 10.2. The molecule has 2 N–H and O–H groups in total. The molecule has 4 nitrogen and oxygen atoms in total. The van der Waals surface area contributed by atoms with E-state index in [1.807, 2.05) is 13.1 Å². The lowest BCUT2D eigenvalue weighted by atomic mass is 10.1. The van der Waals surface area contributed by atoms with Crippen LogP contribution in [0.25, 0.3) is 10.9 Å². The van der Waals surface area contributed by atoms with Gasteiger partial charge in [-0.25, -0.2) is 0 Å². The molecule has 0 saturated carbocycles. The molecule has 0 saturated heterocycles. The molecule has 2 heterocycles. The first-order valence-electron chi connectivity index (χ1n) is 7.51. The Kier molecular flexibility index (Phi) is 4.06. The monoisotopic (exact) mass is 282 g/mol. The zero-order chi connectivity index (χ0) is 14.7. The van der Waals surface area contributed by atoms with Gasteiger partial charge in [0.1, 0.15) is 0 Å². The van der Waals surface area contributed by atoms with Crippen LogP contribution in [0, 0.1) is 13.8 Å². The van der Waals surface area contributed by atoms with Crippen molar-refractivity contribution in [3.05, 3.63) is 53.5 Å². The zero-order valence-corrected chi connectivity index (χ0v) is 12.7. The number of hydrogen-bond acceptors (Lipinski definition) is 2. The molecule has 3 rings (SSSR count). The summed E-state index contributed by atoms with van der Waals surface area (Å²) in [6, 6.07) is 10.7. The highest BCUT2D eigenvalue weighted by Crippen LogP contribution is 2.16. The zero-order valence-electron chi connectivity index (χ0n) is 12.7. The molecule has 3 aromatic rings. The highest BCUT2D eigenvalue weighted by atomic mass is 15.3. The van der Waals surface area contributed by atoms with Crippen molar-refractivity contribution in [3.63, 3.8) is 0 Å². The van der Waals surface area contributed by atoms with Gasteiger partial charge in [-0.15, -0.1) is 0 Å². The summed E-state index contributed by atoms with van der Waals surface area (Å²) in [5, 5.41) is 9.32. The number of fused-ring (bicyclic) bond motifs is 1. The van der Waals surface area contributed by atoms with Crippen molar-refractivity contribution < 1.29 is 0 Å². The largest absolute Gasteiger partial charge is 0.361 e. The number of hydrogen-bond donors (Lipinski definition) is 2. The van der Waals surface area contributed by atoms with Crippen molar-refractivity contribution in [1.82, 2.24) is 20.1 Å². The number of aromatic amines is 1. The van der Waals surface area contributed by atoms with Gasteiger partial charge in [0.2, 0.25) is 0 Å². The van der Waals surface area contributed by atoms with Crippen LogP contribution in [0.4, 0.5) is 0 Å². The van der Waals surface area contributed by atoms with Crippen LogP contribution in [0.15, 0.2) is 36.5 Å². The topological polar surface area (TPSA) is 45.6 Å². The molecular formula is C17H22N4. The Balaban J connectivity index is 1.48. The molecule has 0 radical (unpaired) electrons. The Hall–Kier alpha value is -2.07. The van der Waals surface area contributed by atoms with Gasteiger partial charge in [-0.05, 0) is 50.6 Å². The molecule has 0 spiro atoms. The smallest absolute Gasteiger partial charge is 0.0596 e. The molecule has 0 bridgehead atoms. The Morgan fingerprint density at radius 2 is 2.14 bits per heavy atom. The van der Waals surface area contributed by atoms with Gasteiger partial charge in [-0.3, -0.25) is 4.68 Å². The molecule has 0 aliphatic rings. The lowest BCUT2D eigenvalue weighted by Crippen LogP contribution is -2.17. The van der Waals surface area contributed by atoms with E-state index in [1.165, 1.54) is 22.2 Å². The quantitative estimate of drug-likeness (QED) is 0.682. The average Bonchev–Trinajstić information content (AvgIpc) is 3.05. The Morgan fingerprint density at radius 1 is 1.24 bits per heavy atom. The van der Waals surface area contributed by atoms with Gasteiger partial charge < -0.3 is 10.3 Å². The van der Waals surface area contributed by atoms with E-state index in [4.69, 9.17) is 0 Å². The van der Waals surface area contributed by atoms with E-state index in [9.17, 15) is 0 Å². The normalized spacial score (nSPS) is 11.3. The fourth-order valence-corrected chi connectivity index (χ4v) is 2.78. The van der Waals surface area contributed by atoms with Crippen LogP contribution in [0.5, 0.6) is 0 Å². The van der Waals surface area contributed by atoms with E-state index < -0.39 is 0 Å². The number of nitrogens with zero attached hydrogens (tertiary/aromatic N) is 2. The van der Waals surface area contributed by atoms with E-state index in [2.05, 4.69) is 57.3 Å². The van der Waals surface area contributed by atoms with Crippen LogP contribution >= 0.6 is 0 Å². The van der Waals surface area contributed by atoms with E-state index in [0.717, 1.165) is 31.7 Å². The summed E-state index contributed by atoms with van der Waals surface area (Å²) in [7, 11) is 0. The number of H-pyrrole nitrogens is 1. The maximum Gasteiger partial charge on any atom is 0.0596 e. The maximum atomic E-state index is 4.48. The van der Waals surface area contributed by atoms with Gasteiger partial charge in [-0.1, -0.05) is 12.1 Å². The van der Waals surface area contributed by atoms with Crippen LogP contribution < -0.4 is 5.32 Å². The molecule has 0 aliphatic carbocycles. The first-order valence-corrected chi connectivity index (χ1v) is 7.51. The SMILES string of the molecule is Cc1cc(C)n(CCCNCc2cccc3[nH]ccc23)n1. The Morgan fingerprint density at radius 3 is 2.95 bits per heavy atom. The van der Waals surface area contributed by atoms with E-state index >= 15 is 0 Å². The highest BCUT2D eigenvalue weighted by molar-refractivity contribution is 5.82. The van der Waals surface area contributed by atoms with E-state index in [0.29, 0.717) is 0 Å². The van der Waals surface area contributed by atoms with E-state index in [1.54, 1.807) is 0 Å². The van der Waals surface area contributed by atoms with Crippen LogP contribution in [0.1, 0.15) is 23.4 Å². The van der Waals surface area contributed by atoms with Crippen molar-refractivity contribution in [2.75, 3.05) is 6.54 Å². The second-order valence-corrected chi connectivity index (χ2v) is 5.54. The summed E-state index contributed by atoms with van der Waals surface area (Å²) in [6.45, 7) is 7.03. The van der Waals surface area contributed by atoms with Crippen molar-refractivity contribution in [1.29, 1.82) is 0 Å². The van der Waals surface area contributed by atoms with Crippen molar-refractivity contribution in [2.45, 2.75) is 33.4 Å². The molecular weight excluding hydrogens is 260 g/mol. The number of aryl methyl sites for hydroxylation is 3. The Bertz CT molecular complexity index is 723. The molecule has 0 unspecified atom stereocenters. The number of rotatable bonds is 6. The average molecular weight is 282 g/mol. The van der Waals surface area contributed by atoms with Gasteiger partial charge >= 0.3 is 0 Å². The van der Waals surface area contributed by atoms with Crippen molar-refractivity contribution in [3.8, 4) is 0 Å². The second-order valence-electron chi connectivity index (χ2n) is 5.54. The molecule has 0 fully saturated rings. The maximum absolute atomic E-state index is 4.48. The Labute approximate surface area is 125 Å². The molecule has 0 amide bonds. The minimum Gasteiger partial charge on any atom is -0.361 e. The lowest BCUT2D eigenvalue weighted by Gasteiger charge is -2.07. The summed E-state index contributed by atoms with van der Waals surface area (Å²) in [5.41, 5.74) is 4.89. The van der Waals surface area contributed by atoms with Gasteiger partial charge in [0, 0.05) is 35.9 Å². The fraction of sp³-hybridized carbons (Fsp3) is 0.353. The second kappa shape index (κ2) is 6.14. The minimum absolute atomic E-state index is 0.909. The summed E-state index contributed by atoms with van der Waals surface area (Å²) in [5.74, 6) is 0. The third kappa shape index (κ3) is 3.16. The molecule has 110 valence electrons.